The summed E-state index contributed by atoms with van der Waals surface area (Å²) < 4.78 is 7.81. The maximum atomic E-state index is 7.81. The second-order valence-electron chi connectivity index (χ2n) is 0. The summed E-state index contributed by atoms with van der Waals surface area (Å²) in [6.45, 7) is 0. The molecule has 0 aliphatic carbocycles. The Hall–Kier alpha value is 3.76. The average Bonchev–Trinajstić information content (AvgIpc) is 1.00. The number of hydrogen-bond donors (Lipinski definition) is 0. The minimum absolute atomic E-state index is 0. The molecule has 0 rings (SSSR count). The van der Waals surface area contributed by atoms with Gasteiger partial charge >= 0.3 is 95.3 Å². The maximum absolute atomic E-state index is 7.81. The molecule has 0 atom stereocenters. The van der Waals surface area contributed by atoms with Crippen LogP contribution in [0.1, 0.15) is 0 Å². The van der Waals surface area contributed by atoms with E-state index in [1.165, 1.54) is 0 Å². The first-order chi connectivity index (χ1) is 1.00. The fourth-order valence-electron chi connectivity index (χ4n) is 0. The molecule has 0 unspecified atom stereocenters. The maximum Gasteiger partial charge on any atom is 0 e. The van der Waals surface area contributed by atoms with Gasteiger partial charge in [-0.15, -0.1) is 0 Å². The quantitative estimate of drug-likeness (QED) is 0.439. The fourth-order valence-corrected chi connectivity index (χ4v) is 0. The van der Waals surface area contributed by atoms with Crippen LogP contribution in [0.4, 0.5) is 0 Å². The molecule has 0 spiro atoms. The van der Waals surface area contributed by atoms with E-state index in [0.717, 1.165) is 0 Å². The van der Waals surface area contributed by atoms with Crippen molar-refractivity contribution in [3.8, 4) is 0 Å². The fraction of sp³-hybridized carbons (Fsp3) is 0. The van der Waals surface area contributed by atoms with E-state index in [-0.39, 0.29) is 103 Å². The molecule has 5 heavy (non-hydrogen) atoms. The largest absolute Gasteiger partial charge is 0 e. The van der Waals surface area contributed by atoms with Crippen molar-refractivity contribution in [2.75, 3.05) is 0 Å². The Morgan fingerprint density at radius 3 is 1.00 bits per heavy atom. The second-order valence-corrected chi connectivity index (χ2v) is 0. The van der Waals surface area contributed by atoms with Crippen LogP contribution >= 0.6 is 0 Å². The monoisotopic (exact) mass is 368 g/mol. The van der Waals surface area contributed by atoms with Crippen LogP contribution in [0.15, 0.2) is 0 Å². The molecule has 0 aromatic carbocycles. The van der Waals surface area contributed by atoms with Gasteiger partial charge in [-0.1, -0.05) is 0 Å². The van der Waals surface area contributed by atoms with Crippen LogP contribution in [0.5, 0.6) is 0 Å². The Kier molecular flexibility index (Phi) is 117. The summed E-state index contributed by atoms with van der Waals surface area (Å²) in [7, 11) is 0. The number of hydrogen-bond acceptors (Lipinski definition) is 1. The summed E-state index contributed by atoms with van der Waals surface area (Å²) in [5.74, 6) is 0. The molecule has 28 valence electrons. The topological polar surface area (TPSA) is 17.1 Å². The minimum atomic E-state index is 0. The molecule has 0 bridgehead atoms. The number of rotatable bonds is 0. The van der Waals surface area contributed by atoms with Crippen molar-refractivity contribution in [3.63, 3.8) is 0 Å². The smallest absolute Gasteiger partial charge is 0 e. The Morgan fingerprint density at radius 1 is 1.00 bits per heavy atom. The van der Waals surface area contributed by atoms with Gasteiger partial charge in [0.15, 0.2) is 0 Å². The first-order valence-corrected chi connectivity index (χ1v) is 0.508. The summed E-state index contributed by atoms with van der Waals surface area (Å²) >= 11 is 2.94. The van der Waals surface area contributed by atoms with Gasteiger partial charge in [0.25, 0.3) is 0 Å². The van der Waals surface area contributed by atoms with E-state index < -0.39 is 0 Å². The van der Waals surface area contributed by atoms with Crippen molar-refractivity contribution in [1.29, 1.82) is 0 Å². The first kappa shape index (κ1) is 23.3. The van der Waals surface area contributed by atoms with Crippen LogP contribution < -0.4 is 0 Å². The molecule has 0 N–H and O–H groups in total. The van der Waals surface area contributed by atoms with E-state index in [0.29, 0.717) is 0 Å². The molecular formula is H4Ca2CuOTl. The molecular weight excluding hydrogens is 364 g/mol. The minimum Gasteiger partial charge on any atom is 0 e. The zero-order valence-corrected chi connectivity index (χ0v) is 6.72. The van der Waals surface area contributed by atoms with E-state index in [4.69, 9.17) is 3.83 Å². The van der Waals surface area contributed by atoms with Gasteiger partial charge in [0, 0.05) is 27.3 Å². The molecule has 0 amide bonds. The van der Waals surface area contributed by atoms with Crippen molar-refractivity contribution in [1.82, 2.24) is 0 Å². The van der Waals surface area contributed by atoms with Crippen LogP contribution in [0.2, 0.25) is 0 Å². The molecule has 1 nitrogen and oxygen atoms in total. The van der Waals surface area contributed by atoms with Crippen LogP contribution in [0.3, 0.4) is 0 Å². The third-order valence-corrected chi connectivity index (χ3v) is 0. The van der Waals surface area contributed by atoms with Crippen molar-refractivity contribution in [2.45, 2.75) is 0 Å². The molecule has 0 fully saturated rings. The molecule has 0 saturated carbocycles. The first-order valence-electron chi connectivity index (χ1n) is 0.123. The molecule has 0 aliphatic rings. The summed E-state index contributed by atoms with van der Waals surface area (Å²) in [5.41, 5.74) is 0. The predicted octanol–water partition coefficient (Wildman–Crippen LogP) is -2.33. The van der Waals surface area contributed by atoms with E-state index >= 15 is 0 Å². The van der Waals surface area contributed by atoms with Gasteiger partial charge in [0.2, 0.25) is 0 Å². The normalized spacial score (nSPS) is 1.20. The Morgan fingerprint density at radius 2 is 1.00 bits per heavy atom. The summed E-state index contributed by atoms with van der Waals surface area (Å²) in [4.78, 5) is 0. The molecule has 0 heterocycles. The third-order valence-electron chi connectivity index (χ3n) is 0. The van der Waals surface area contributed by atoms with Crippen LogP contribution in [0, 0.1) is 0 Å². The average molecular weight is 368 g/mol. The molecule has 0 saturated heterocycles. The molecule has 0 aromatic rings. The summed E-state index contributed by atoms with van der Waals surface area (Å²) in [6.07, 6.45) is 0. The van der Waals surface area contributed by atoms with Gasteiger partial charge in [-0.2, -0.15) is 0 Å². The Bertz CT molecular complexity index is 9.61. The van der Waals surface area contributed by atoms with Gasteiger partial charge in [0.1, 0.15) is 0 Å². The zero-order chi connectivity index (χ0) is 2.00. The van der Waals surface area contributed by atoms with Crippen molar-refractivity contribution < 1.29 is 19.8 Å². The standard InChI is InChI=1S/2Ca.Cu.O.Tl.4H. The Balaban J connectivity index is -0.00000000167. The van der Waals surface area contributed by atoms with Crippen molar-refractivity contribution >= 4 is 103 Å². The van der Waals surface area contributed by atoms with Crippen LogP contribution in [0.25, 0.3) is 0 Å². The summed E-state index contributed by atoms with van der Waals surface area (Å²) in [6, 6.07) is 0. The zero-order valence-electron chi connectivity index (χ0n) is 1.29. The van der Waals surface area contributed by atoms with Gasteiger partial charge in [-0.3, -0.25) is 0 Å². The molecule has 0 aromatic heterocycles. The van der Waals surface area contributed by atoms with Crippen molar-refractivity contribution in [2.24, 2.45) is 0 Å². The van der Waals surface area contributed by atoms with Gasteiger partial charge in [-0.25, -0.2) is 0 Å². The van der Waals surface area contributed by atoms with Crippen molar-refractivity contribution in [3.05, 3.63) is 0 Å². The molecule has 5 heteroatoms. The van der Waals surface area contributed by atoms with E-state index in [9.17, 15) is 0 Å². The summed E-state index contributed by atoms with van der Waals surface area (Å²) in [5, 5.41) is 0. The van der Waals surface area contributed by atoms with E-state index in [1.54, 1.807) is 0 Å². The van der Waals surface area contributed by atoms with E-state index in [2.05, 4.69) is 15.9 Å². The van der Waals surface area contributed by atoms with Crippen LogP contribution in [-0.2, 0) is 19.8 Å². The van der Waals surface area contributed by atoms with Crippen LogP contribution in [-0.4, -0.2) is 103 Å². The third kappa shape index (κ3) is 18.2. The SMILES string of the molecule is [CaH2].[CaH2].[O]=[Cu].[Tl]. The van der Waals surface area contributed by atoms with Gasteiger partial charge in [0.05, 0.1) is 0 Å². The van der Waals surface area contributed by atoms with Gasteiger partial charge in [-0.05, 0) is 0 Å². The molecule has 1 radical (unpaired) electrons. The Labute approximate surface area is 119 Å². The van der Waals surface area contributed by atoms with E-state index in [1.807, 2.05) is 0 Å². The predicted molar refractivity (Wildman–Crippen MR) is 23.5 cm³/mol. The second kappa shape index (κ2) is 25.1. The van der Waals surface area contributed by atoms with Gasteiger partial charge < -0.3 is 0 Å². The molecule has 0 aliphatic heterocycles.